The molecule has 0 saturated heterocycles. The zero-order valence-electron chi connectivity index (χ0n) is 9.74. The van der Waals surface area contributed by atoms with Gasteiger partial charge in [0.1, 0.15) is 0 Å². The second kappa shape index (κ2) is 5.08. The van der Waals surface area contributed by atoms with E-state index in [0.29, 0.717) is 0 Å². The molecule has 1 heterocycles. The lowest BCUT2D eigenvalue weighted by Crippen LogP contribution is -1.99. The number of hydrogen-bond donors (Lipinski definition) is 1. The number of aryl methyl sites for hydroxylation is 2. The topological polar surface area (TPSA) is 38.9 Å². The zero-order valence-corrected chi connectivity index (χ0v) is 9.74. The fourth-order valence-electron chi connectivity index (χ4n) is 2.01. The molecule has 0 aliphatic carbocycles. The van der Waals surface area contributed by atoms with Gasteiger partial charge in [-0.1, -0.05) is 18.2 Å². The predicted octanol–water partition coefficient (Wildman–Crippen LogP) is 2.82. The van der Waals surface area contributed by atoms with Crippen LogP contribution in [0.15, 0.2) is 30.5 Å². The van der Waals surface area contributed by atoms with Crippen LogP contribution < -0.4 is 5.73 Å². The highest BCUT2D eigenvalue weighted by atomic mass is 14.7. The van der Waals surface area contributed by atoms with E-state index in [0.717, 1.165) is 25.1 Å². The third kappa shape index (κ3) is 2.39. The maximum atomic E-state index is 5.49. The molecule has 0 spiro atoms. The number of hydrogen-bond acceptors (Lipinski definition) is 2. The Labute approximate surface area is 96.5 Å². The number of nitrogens with zero attached hydrogens (tertiary/aromatic N) is 1. The molecule has 0 amide bonds. The van der Waals surface area contributed by atoms with Crippen molar-refractivity contribution >= 4 is 10.8 Å². The lowest BCUT2D eigenvalue weighted by atomic mass is 10.0. The highest BCUT2D eigenvalue weighted by Crippen LogP contribution is 2.18. The first kappa shape index (κ1) is 11.1. The van der Waals surface area contributed by atoms with Crippen LogP contribution in [-0.4, -0.2) is 11.5 Å². The fraction of sp³-hybridized carbons (Fsp3) is 0.357. The summed E-state index contributed by atoms with van der Waals surface area (Å²) in [4.78, 5) is 4.30. The van der Waals surface area contributed by atoms with Gasteiger partial charge in [-0.05, 0) is 49.7 Å². The molecule has 2 N–H and O–H groups in total. The van der Waals surface area contributed by atoms with Crippen molar-refractivity contribution in [2.75, 3.05) is 6.54 Å². The van der Waals surface area contributed by atoms with Crippen LogP contribution in [0.4, 0.5) is 0 Å². The molecule has 0 bridgehead atoms. The minimum atomic E-state index is 0.788. The van der Waals surface area contributed by atoms with Gasteiger partial charge in [0.2, 0.25) is 0 Å². The van der Waals surface area contributed by atoms with Crippen LogP contribution in [0, 0.1) is 6.92 Å². The molecule has 0 radical (unpaired) electrons. The summed E-state index contributed by atoms with van der Waals surface area (Å²) >= 11 is 0. The van der Waals surface area contributed by atoms with Gasteiger partial charge in [0, 0.05) is 17.3 Å². The van der Waals surface area contributed by atoms with E-state index in [1.54, 1.807) is 0 Å². The number of rotatable bonds is 4. The Bertz CT molecular complexity index is 477. The Hall–Kier alpha value is -1.41. The standard InChI is InChI=1S/C14H18N2/c1-11-14-6-5-12(4-2-3-8-15)10-13(14)7-9-16-11/h5-7,9-10H,2-4,8,15H2,1H3. The van der Waals surface area contributed by atoms with E-state index in [2.05, 4.69) is 36.2 Å². The Kier molecular flexibility index (Phi) is 3.52. The molecular formula is C14H18N2. The monoisotopic (exact) mass is 214 g/mol. The van der Waals surface area contributed by atoms with Crippen molar-refractivity contribution in [2.45, 2.75) is 26.2 Å². The average molecular weight is 214 g/mol. The lowest BCUT2D eigenvalue weighted by molar-refractivity contribution is 0.745. The molecule has 0 fully saturated rings. The Morgan fingerprint density at radius 1 is 1.19 bits per heavy atom. The summed E-state index contributed by atoms with van der Waals surface area (Å²) in [5, 5.41) is 2.54. The molecule has 0 aliphatic heterocycles. The molecule has 84 valence electrons. The van der Waals surface area contributed by atoms with Crippen molar-refractivity contribution in [3.63, 3.8) is 0 Å². The highest BCUT2D eigenvalue weighted by molar-refractivity contribution is 5.84. The first-order valence-corrected chi connectivity index (χ1v) is 5.85. The molecule has 0 aliphatic rings. The number of pyridine rings is 1. The van der Waals surface area contributed by atoms with Crippen molar-refractivity contribution in [3.05, 3.63) is 41.7 Å². The maximum absolute atomic E-state index is 5.49. The van der Waals surface area contributed by atoms with Gasteiger partial charge in [-0.25, -0.2) is 0 Å². The van der Waals surface area contributed by atoms with Crippen LogP contribution in [0.1, 0.15) is 24.1 Å². The molecule has 2 aromatic rings. The summed E-state index contributed by atoms with van der Waals surface area (Å²) in [5.74, 6) is 0. The van der Waals surface area contributed by atoms with Gasteiger partial charge >= 0.3 is 0 Å². The smallest absolute Gasteiger partial charge is 0.0450 e. The minimum Gasteiger partial charge on any atom is -0.330 e. The quantitative estimate of drug-likeness (QED) is 0.795. The van der Waals surface area contributed by atoms with Crippen molar-refractivity contribution in [1.82, 2.24) is 4.98 Å². The van der Waals surface area contributed by atoms with Crippen LogP contribution >= 0.6 is 0 Å². The van der Waals surface area contributed by atoms with Crippen molar-refractivity contribution in [1.29, 1.82) is 0 Å². The molecule has 2 rings (SSSR count). The van der Waals surface area contributed by atoms with E-state index in [1.807, 2.05) is 6.20 Å². The number of fused-ring (bicyclic) bond motifs is 1. The minimum absolute atomic E-state index is 0.788. The highest BCUT2D eigenvalue weighted by Gasteiger charge is 1.99. The number of nitrogens with two attached hydrogens (primary N) is 1. The van der Waals surface area contributed by atoms with Crippen molar-refractivity contribution in [3.8, 4) is 0 Å². The molecule has 0 atom stereocenters. The lowest BCUT2D eigenvalue weighted by Gasteiger charge is -2.05. The summed E-state index contributed by atoms with van der Waals surface area (Å²) in [7, 11) is 0. The summed E-state index contributed by atoms with van der Waals surface area (Å²) in [6, 6.07) is 8.72. The zero-order chi connectivity index (χ0) is 11.4. The van der Waals surface area contributed by atoms with E-state index in [1.165, 1.54) is 22.8 Å². The Balaban J connectivity index is 2.23. The van der Waals surface area contributed by atoms with Crippen molar-refractivity contribution in [2.24, 2.45) is 5.73 Å². The summed E-state index contributed by atoms with van der Waals surface area (Å²) in [5.41, 5.74) is 7.99. The van der Waals surface area contributed by atoms with E-state index >= 15 is 0 Å². The summed E-state index contributed by atoms with van der Waals surface area (Å²) in [6.07, 6.45) is 5.27. The third-order valence-corrected chi connectivity index (χ3v) is 2.95. The first-order chi connectivity index (χ1) is 7.81. The van der Waals surface area contributed by atoms with E-state index in [4.69, 9.17) is 5.73 Å². The molecule has 2 nitrogen and oxygen atoms in total. The number of benzene rings is 1. The predicted molar refractivity (Wildman–Crippen MR) is 68.5 cm³/mol. The normalized spacial score (nSPS) is 10.9. The molecular weight excluding hydrogens is 196 g/mol. The van der Waals surface area contributed by atoms with Crippen LogP contribution in [0.25, 0.3) is 10.8 Å². The van der Waals surface area contributed by atoms with Gasteiger partial charge in [0.05, 0.1) is 0 Å². The number of aromatic nitrogens is 1. The molecule has 0 unspecified atom stereocenters. The van der Waals surface area contributed by atoms with Gasteiger partial charge in [-0.2, -0.15) is 0 Å². The van der Waals surface area contributed by atoms with Gasteiger partial charge in [-0.3, -0.25) is 4.98 Å². The molecule has 1 aromatic heterocycles. The summed E-state index contributed by atoms with van der Waals surface area (Å²) in [6.45, 7) is 2.84. The van der Waals surface area contributed by atoms with E-state index < -0.39 is 0 Å². The van der Waals surface area contributed by atoms with Gasteiger partial charge in [0.25, 0.3) is 0 Å². The summed E-state index contributed by atoms with van der Waals surface area (Å²) < 4.78 is 0. The molecule has 2 heteroatoms. The molecule has 0 saturated carbocycles. The third-order valence-electron chi connectivity index (χ3n) is 2.95. The Morgan fingerprint density at radius 3 is 2.88 bits per heavy atom. The van der Waals surface area contributed by atoms with Gasteiger partial charge in [0.15, 0.2) is 0 Å². The van der Waals surface area contributed by atoms with E-state index in [9.17, 15) is 0 Å². The van der Waals surface area contributed by atoms with Gasteiger partial charge < -0.3 is 5.73 Å². The second-order valence-electron chi connectivity index (χ2n) is 4.20. The average Bonchev–Trinajstić information content (AvgIpc) is 2.30. The number of unbranched alkanes of at least 4 members (excludes halogenated alkanes) is 1. The van der Waals surface area contributed by atoms with Crippen LogP contribution in [0.5, 0.6) is 0 Å². The SMILES string of the molecule is Cc1nccc2cc(CCCCN)ccc12. The Morgan fingerprint density at radius 2 is 2.06 bits per heavy atom. The van der Waals surface area contributed by atoms with Gasteiger partial charge in [-0.15, -0.1) is 0 Å². The largest absolute Gasteiger partial charge is 0.330 e. The van der Waals surface area contributed by atoms with Crippen LogP contribution in [0.2, 0.25) is 0 Å². The molecule has 1 aromatic carbocycles. The van der Waals surface area contributed by atoms with Crippen LogP contribution in [-0.2, 0) is 6.42 Å². The fourth-order valence-corrected chi connectivity index (χ4v) is 2.01. The van der Waals surface area contributed by atoms with Crippen molar-refractivity contribution < 1.29 is 0 Å². The first-order valence-electron chi connectivity index (χ1n) is 5.85. The van der Waals surface area contributed by atoms with Crippen LogP contribution in [0.3, 0.4) is 0 Å². The maximum Gasteiger partial charge on any atom is 0.0450 e. The van der Waals surface area contributed by atoms with E-state index in [-0.39, 0.29) is 0 Å². The second-order valence-corrected chi connectivity index (χ2v) is 4.20. The molecule has 16 heavy (non-hydrogen) atoms.